The van der Waals surface area contributed by atoms with Crippen LogP contribution in [-0.2, 0) is 0 Å². The van der Waals surface area contributed by atoms with Gasteiger partial charge in [0.05, 0.1) is 16.8 Å². The largest absolute Gasteiger partial charge is 0.300 e. The molecule has 0 aliphatic carbocycles. The number of nitrogens with zero attached hydrogens (tertiary/aromatic N) is 3. The van der Waals surface area contributed by atoms with Gasteiger partial charge in [-0.05, 0) is 35.9 Å². The Morgan fingerprint density at radius 2 is 1.74 bits per heavy atom. The lowest BCUT2D eigenvalue weighted by Gasteiger charge is -2.08. The molecule has 4 aromatic rings. The lowest BCUT2D eigenvalue weighted by Crippen LogP contribution is -1.96. The standard InChI is InChI=1S/C17H10ClN3O.ClH/c18-16(22)13-10-21(17-11(13)5-3-8-20-17)15-7-9-19-14-6-2-1-4-12(14)15;/h1-10H;1H. The molecule has 6 heteroatoms. The summed E-state index contributed by atoms with van der Waals surface area (Å²) in [5, 5.41) is 1.24. The average Bonchev–Trinajstić information content (AvgIpc) is 2.94. The van der Waals surface area contributed by atoms with Gasteiger partial charge in [0.1, 0.15) is 5.65 Å². The van der Waals surface area contributed by atoms with Gasteiger partial charge in [0.2, 0.25) is 0 Å². The second-order valence-electron chi connectivity index (χ2n) is 4.91. The van der Waals surface area contributed by atoms with Crippen molar-refractivity contribution in [2.45, 2.75) is 0 Å². The molecule has 0 atom stereocenters. The van der Waals surface area contributed by atoms with Crippen LogP contribution in [0.4, 0.5) is 0 Å². The molecule has 0 unspecified atom stereocenters. The minimum atomic E-state index is -0.491. The molecule has 0 fully saturated rings. The zero-order valence-electron chi connectivity index (χ0n) is 11.8. The number of aromatic nitrogens is 3. The summed E-state index contributed by atoms with van der Waals surface area (Å²) in [6.07, 6.45) is 5.17. The van der Waals surface area contributed by atoms with E-state index >= 15 is 0 Å². The first kappa shape index (κ1) is 15.5. The Bertz CT molecular complexity index is 1020. The molecule has 0 saturated carbocycles. The highest BCUT2D eigenvalue weighted by Gasteiger charge is 2.16. The topological polar surface area (TPSA) is 47.8 Å². The van der Waals surface area contributed by atoms with Crippen molar-refractivity contribution in [1.29, 1.82) is 0 Å². The number of hydrogen-bond acceptors (Lipinski definition) is 3. The Balaban J connectivity index is 0.00000156. The number of carbonyl (C=O) groups excluding carboxylic acids is 1. The predicted molar refractivity (Wildman–Crippen MR) is 93.8 cm³/mol. The second kappa shape index (κ2) is 5.99. The van der Waals surface area contributed by atoms with E-state index in [0.717, 1.165) is 22.0 Å². The van der Waals surface area contributed by atoms with Crippen LogP contribution in [0.5, 0.6) is 0 Å². The van der Waals surface area contributed by atoms with Gasteiger partial charge < -0.3 is 0 Å². The van der Waals surface area contributed by atoms with Crippen LogP contribution in [0.1, 0.15) is 10.4 Å². The van der Waals surface area contributed by atoms with Crippen LogP contribution < -0.4 is 0 Å². The van der Waals surface area contributed by atoms with Crippen LogP contribution in [0.2, 0.25) is 0 Å². The molecule has 4 nitrogen and oxygen atoms in total. The zero-order valence-corrected chi connectivity index (χ0v) is 13.4. The Hall–Kier alpha value is -2.43. The molecular formula is C17H11Cl2N3O. The van der Waals surface area contributed by atoms with Gasteiger partial charge in [-0.3, -0.25) is 14.3 Å². The quantitative estimate of drug-likeness (QED) is 0.507. The van der Waals surface area contributed by atoms with Crippen LogP contribution in [0.25, 0.3) is 27.6 Å². The Kier molecular flexibility index (Phi) is 4.03. The van der Waals surface area contributed by atoms with Gasteiger partial charge in [-0.15, -0.1) is 12.4 Å². The summed E-state index contributed by atoms with van der Waals surface area (Å²) in [6, 6.07) is 13.4. The summed E-state index contributed by atoms with van der Waals surface area (Å²) in [7, 11) is 0. The smallest absolute Gasteiger partial charge is 0.254 e. The SMILES string of the molecule is Cl.O=C(Cl)c1cn(-c2ccnc3ccccc23)c2ncccc12. The monoisotopic (exact) mass is 343 g/mol. The van der Waals surface area contributed by atoms with Crippen LogP contribution in [0.15, 0.2) is 61.1 Å². The first-order chi connectivity index (χ1) is 10.8. The Morgan fingerprint density at radius 3 is 2.57 bits per heavy atom. The molecule has 3 heterocycles. The van der Waals surface area contributed by atoms with Gasteiger partial charge in [-0.2, -0.15) is 0 Å². The molecule has 23 heavy (non-hydrogen) atoms. The van der Waals surface area contributed by atoms with Crippen LogP contribution in [-0.4, -0.2) is 19.8 Å². The van der Waals surface area contributed by atoms with Crippen molar-refractivity contribution in [2.24, 2.45) is 0 Å². The number of para-hydroxylation sites is 1. The molecule has 0 amide bonds. The number of carbonyl (C=O) groups is 1. The number of fused-ring (bicyclic) bond motifs is 2. The Labute approximate surface area is 143 Å². The lowest BCUT2D eigenvalue weighted by molar-refractivity contribution is 0.108. The third kappa shape index (κ3) is 2.46. The summed E-state index contributed by atoms with van der Waals surface area (Å²) >= 11 is 5.71. The van der Waals surface area contributed by atoms with Gasteiger partial charge in [0.25, 0.3) is 5.24 Å². The third-order valence-corrected chi connectivity index (χ3v) is 3.86. The lowest BCUT2D eigenvalue weighted by atomic mass is 10.2. The fourth-order valence-corrected chi connectivity index (χ4v) is 2.84. The van der Waals surface area contributed by atoms with Gasteiger partial charge in [0, 0.05) is 29.4 Å². The molecule has 114 valence electrons. The predicted octanol–water partition coefficient (Wildman–Crippen LogP) is 4.37. The summed E-state index contributed by atoms with van der Waals surface area (Å²) in [5.41, 5.74) is 2.95. The zero-order chi connectivity index (χ0) is 15.1. The Morgan fingerprint density at radius 1 is 0.957 bits per heavy atom. The molecule has 3 aromatic heterocycles. The van der Waals surface area contributed by atoms with E-state index in [9.17, 15) is 4.79 Å². The molecule has 4 rings (SSSR count). The van der Waals surface area contributed by atoms with E-state index in [1.165, 1.54) is 0 Å². The highest BCUT2D eigenvalue weighted by atomic mass is 35.5. The van der Waals surface area contributed by atoms with E-state index in [4.69, 9.17) is 11.6 Å². The van der Waals surface area contributed by atoms with Crippen molar-refractivity contribution in [3.05, 3.63) is 66.6 Å². The molecule has 0 N–H and O–H groups in total. The number of pyridine rings is 2. The molecule has 0 aliphatic rings. The minimum absolute atomic E-state index is 0. The highest BCUT2D eigenvalue weighted by molar-refractivity contribution is 6.68. The van der Waals surface area contributed by atoms with E-state index in [2.05, 4.69) is 9.97 Å². The van der Waals surface area contributed by atoms with E-state index in [0.29, 0.717) is 11.2 Å². The summed E-state index contributed by atoms with van der Waals surface area (Å²) in [6.45, 7) is 0. The van der Waals surface area contributed by atoms with Crippen molar-refractivity contribution >= 4 is 51.2 Å². The fraction of sp³-hybridized carbons (Fsp3) is 0. The first-order valence-corrected chi connectivity index (χ1v) is 7.13. The maximum Gasteiger partial charge on any atom is 0.254 e. The molecule has 0 spiro atoms. The van der Waals surface area contributed by atoms with Crippen molar-refractivity contribution in [1.82, 2.24) is 14.5 Å². The molecule has 1 aromatic carbocycles. The van der Waals surface area contributed by atoms with Crippen LogP contribution >= 0.6 is 24.0 Å². The summed E-state index contributed by atoms with van der Waals surface area (Å²) < 4.78 is 1.88. The molecule has 0 aliphatic heterocycles. The van der Waals surface area contributed by atoms with E-state index in [1.54, 1.807) is 24.7 Å². The summed E-state index contributed by atoms with van der Waals surface area (Å²) in [5.74, 6) is 0. The van der Waals surface area contributed by atoms with E-state index < -0.39 is 5.24 Å². The normalized spacial score (nSPS) is 10.7. The number of rotatable bonds is 2. The fourth-order valence-electron chi connectivity index (χ4n) is 2.69. The minimum Gasteiger partial charge on any atom is -0.300 e. The molecule has 0 saturated heterocycles. The third-order valence-electron chi connectivity index (χ3n) is 3.66. The highest BCUT2D eigenvalue weighted by Crippen LogP contribution is 2.27. The van der Waals surface area contributed by atoms with Gasteiger partial charge in [-0.1, -0.05) is 18.2 Å². The van der Waals surface area contributed by atoms with Crippen molar-refractivity contribution in [3.8, 4) is 5.69 Å². The van der Waals surface area contributed by atoms with Crippen molar-refractivity contribution in [3.63, 3.8) is 0 Å². The van der Waals surface area contributed by atoms with Crippen LogP contribution in [0, 0.1) is 0 Å². The summed E-state index contributed by atoms with van der Waals surface area (Å²) in [4.78, 5) is 20.4. The van der Waals surface area contributed by atoms with Crippen molar-refractivity contribution < 1.29 is 4.79 Å². The average molecular weight is 344 g/mol. The molecular weight excluding hydrogens is 333 g/mol. The van der Waals surface area contributed by atoms with Gasteiger partial charge in [-0.25, -0.2) is 4.98 Å². The number of hydrogen-bond donors (Lipinski definition) is 0. The molecule has 0 radical (unpaired) electrons. The first-order valence-electron chi connectivity index (χ1n) is 6.76. The van der Waals surface area contributed by atoms with Gasteiger partial charge in [0.15, 0.2) is 0 Å². The number of halogens is 2. The second-order valence-corrected chi connectivity index (χ2v) is 5.25. The maximum atomic E-state index is 11.7. The van der Waals surface area contributed by atoms with E-state index in [1.807, 2.05) is 41.0 Å². The van der Waals surface area contributed by atoms with E-state index in [-0.39, 0.29) is 12.4 Å². The number of benzene rings is 1. The van der Waals surface area contributed by atoms with Crippen molar-refractivity contribution in [2.75, 3.05) is 0 Å². The van der Waals surface area contributed by atoms with Crippen LogP contribution in [0.3, 0.4) is 0 Å². The molecule has 0 bridgehead atoms. The van der Waals surface area contributed by atoms with Gasteiger partial charge >= 0.3 is 0 Å². The maximum absolute atomic E-state index is 11.7.